The zero-order chi connectivity index (χ0) is 5.82. The van der Waals surface area contributed by atoms with Crippen LogP contribution in [0.1, 0.15) is 0 Å². The Labute approximate surface area is 52.3 Å². The predicted molar refractivity (Wildman–Crippen MR) is 32.2 cm³/mol. The second kappa shape index (κ2) is 2.58. The van der Waals surface area contributed by atoms with Crippen LogP contribution in [-0.4, -0.2) is 14.5 Å². The van der Waals surface area contributed by atoms with Gasteiger partial charge in [-0.3, -0.25) is 0 Å². The van der Waals surface area contributed by atoms with Crippen LogP contribution in [0.4, 0.5) is 5.69 Å². The number of nitrogens with zero attached hydrogens (tertiary/aromatic N) is 3. The van der Waals surface area contributed by atoms with Gasteiger partial charge in [-0.25, -0.2) is 0 Å². The third kappa shape index (κ3) is 1.14. The Bertz CT molecular complexity index is 197. The predicted octanol–water partition coefficient (Wildman–Crippen LogP) is 1.69. The molecule has 0 aromatic carbocycles. The number of rotatable bonds is 1. The third-order valence-corrected chi connectivity index (χ3v) is 2.07. The van der Waals surface area contributed by atoms with E-state index >= 15 is 0 Å². The summed E-state index contributed by atoms with van der Waals surface area (Å²) in [6.45, 7) is 0. The number of hydrogen-bond acceptors (Lipinski definition) is 1. The van der Waals surface area contributed by atoms with E-state index in [1.54, 1.807) is 0 Å². The van der Waals surface area contributed by atoms with Crippen molar-refractivity contribution in [2.24, 2.45) is 5.11 Å². The first kappa shape index (κ1) is 5.45. The SMILES string of the molecule is [N-]=[N+]=Nc1cc[se]c1. The molecule has 0 aliphatic rings. The van der Waals surface area contributed by atoms with Crippen LogP contribution in [0.15, 0.2) is 21.1 Å². The molecule has 0 amide bonds. The average Bonchev–Trinajstić information content (AvgIpc) is 2.19. The van der Waals surface area contributed by atoms with Crippen LogP contribution in [0.5, 0.6) is 0 Å². The van der Waals surface area contributed by atoms with Gasteiger partial charge in [0.05, 0.1) is 0 Å². The molecular formula is C4H3N3Se. The van der Waals surface area contributed by atoms with Crippen LogP contribution in [0.2, 0.25) is 0 Å². The van der Waals surface area contributed by atoms with Gasteiger partial charge in [-0.05, 0) is 0 Å². The van der Waals surface area contributed by atoms with Gasteiger partial charge in [0.2, 0.25) is 0 Å². The molecule has 3 nitrogen and oxygen atoms in total. The molecular weight excluding hydrogens is 169 g/mol. The monoisotopic (exact) mass is 173 g/mol. The molecule has 0 saturated heterocycles. The van der Waals surface area contributed by atoms with E-state index in [2.05, 4.69) is 10.0 Å². The second-order valence-corrected chi connectivity index (χ2v) is 2.81. The fourth-order valence-electron chi connectivity index (χ4n) is 0.366. The Kier molecular flexibility index (Phi) is 1.75. The summed E-state index contributed by atoms with van der Waals surface area (Å²) in [7, 11) is 0. The Morgan fingerprint density at radius 2 is 2.62 bits per heavy atom. The molecule has 0 fully saturated rings. The summed E-state index contributed by atoms with van der Waals surface area (Å²) in [5, 5.41) is 3.39. The van der Waals surface area contributed by atoms with Crippen LogP contribution in [0.25, 0.3) is 10.4 Å². The fourth-order valence-corrected chi connectivity index (χ4v) is 1.54. The maximum atomic E-state index is 7.92. The Morgan fingerprint density at radius 3 is 3.12 bits per heavy atom. The molecule has 1 rings (SSSR count). The van der Waals surface area contributed by atoms with E-state index in [0.717, 1.165) is 5.69 Å². The van der Waals surface area contributed by atoms with E-state index in [1.165, 1.54) is 0 Å². The summed E-state index contributed by atoms with van der Waals surface area (Å²) in [6, 6.07) is 1.83. The van der Waals surface area contributed by atoms with E-state index in [0.29, 0.717) is 14.5 Å². The molecule has 0 saturated carbocycles. The van der Waals surface area contributed by atoms with Crippen LogP contribution >= 0.6 is 0 Å². The van der Waals surface area contributed by atoms with Gasteiger partial charge < -0.3 is 0 Å². The molecule has 8 heavy (non-hydrogen) atoms. The summed E-state index contributed by atoms with van der Waals surface area (Å²) in [4.78, 5) is 6.58. The van der Waals surface area contributed by atoms with Crippen LogP contribution in [-0.2, 0) is 0 Å². The molecule has 0 spiro atoms. The first-order valence-corrected chi connectivity index (χ1v) is 3.98. The van der Waals surface area contributed by atoms with Gasteiger partial charge in [0, 0.05) is 0 Å². The Hall–Kier alpha value is -0.691. The van der Waals surface area contributed by atoms with Gasteiger partial charge >= 0.3 is 51.7 Å². The molecule has 0 unspecified atom stereocenters. The molecule has 0 bridgehead atoms. The van der Waals surface area contributed by atoms with Gasteiger partial charge in [0.1, 0.15) is 0 Å². The van der Waals surface area contributed by atoms with Crippen molar-refractivity contribution < 1.29 is 0 Å². The van der Waals surface area contributed by atoms with Crippen LogP contribution in [0, 0.1) is 0 Å². The molecule has 0 aliphatic carbocycles. The van der Waals surface area contributed by atoms with Crippen molar-refractivity contribution in [3.05, 3.63) is 26.4 Å². The molecule has 40 valence electrons. The van der Waals surface area contributed by atoms with E-state index in [4.69, 9.17) is 5.53 Å². The van der Waals surface area contributed by atoms with E-state index in [-0.39, 0.29) is 0 Å². The molecule has 0 radical (unpaired) electrons. The maximum absolute atomic E-state index is 7.92. The van der Waals surface area contributed by atoms with Crippen molar-refractivity contribution in [1.29, 1.82) is 0 Å². The summed E-state index contributed by atoms with van der Waals surface area (Å²) >= 11 is 0.434. The first-order valence-electron chi connectivity index (χ1n) is 2.01. The van der Waals surface area contributed by atoms with Gasteiger partial charge in [-0.15, -0.1) is 0 Å². The van der Waals surface area contributed by atoms with Gasteiger partial charge in [0.15, 0.2) is 0 Å². The van der Waals surface area contributed by atoms with Gasteiger partial charge in [-0.1, -0.05) is 0 Å². The van der Waals surface area contributed by atoms with Crippen molar-refractivity contribution in [3.8, 4) is 0 Å². The number of azide groups is 1. The molecule has 1 aromatic heterocycles. The molecule has 0 N–H and O–H groups in total. The quantitative estimate of drug-likeness (QED) is 0.268. The van der Waals surface area contributed by atoms with Crippen molar-refractivity contribution in [1.82, 2.24) is 0 Å². The average molecular weight is 172 g/mol. The van der Waals surface area contributed by atoms with Crippen molar-refractivity contribution in [2.75, 3.05) is 0 Å². The van der Waals surface area contributed by atoms with Crippen molar-refractivity contribution in [3.63, 3.8) is 0 Å². The summed E-state index contributed by atoms with van der Waals surface area (Å²) in [6.07, 6.45) is 0. The zero-order valence-electron chi connectivity index (χ0n) is 3.98. The molecule has 0 atom stereocenters. The van der Waals surface area contributed by atoms with E-state index in [1.807, 2.05) is 15.9 Å². The number of hydrogen-bond donors (Lipinski definition) is 0. The fraction of sp³-hybridized carbons (Fsp3) is 0. The zero-order valence-corrected chi connectivity index (χ0v) is 5.70. The molecule has 1 aromatic rings. The van der Waals surface area contributed by atoms with Gasteiger partial charge in [-0.2, -0.15) is 0 Å². The van der Waals surface area contributed by atoms with E-state index in [9.17, 15) is 0 Å². The van der Waals surface area contributed by atoms with Crippen LogP contribution < -0.4 is 0 Å². The molecule has 1 heterocycles. The van der Waals surface area contributed by atoms with Crippen molar-refractivity contribution in [2.45, 2.75) is 0 Å². The third-order valence-electron chi connectivity index (χ3n) is 0.666. The summed E-state index contributed by atoms with van der Waals surface area (Å²) < 4.78 is 0. The normalized spacial score (nSPS) is 8.00. The van der Waals surface area contributed by atoms with Crippen LogP contribution in [0.3, 0.4) is 0 Å². The standard InChI is InChI=1S/C4H3N3Se/c5-7-6-4-1-2-8-3-4/h1-3H. The van der Waals surface area contributed by atoms with E-state index < -0.39 is 0 Å². The molecule has 4 heteroatoms. The summed E-state index contributed by atoms with van der Waals surface area (Å²) in [5.41, 5.74) is 8.67. The Balaban J connectivity index is 2.93. The minimum atomic E-state index is 0.434. The Morgan fingerprint density at radius 1 is 1.75 bits per heavy atom. The van der Waals surface area contributed by atoms with Crippen molar-refractivity contribution >= 4 is 20.2 Å². The van der Waals surface area contributed by atoms with Gasteiger partial charge in [0.25, 0.3) is 0 Å². The minimum absolute atomic E-state index is 0.434. The topological polar surface area (TPSA) is 48.8 Å². The summed E-state index contributed by atoms with van der Waals surface area (Å²) in [5.74, 6) is 0. The first-order chi connectivity index (χ1) is 3.93. The second-order valence-electron chi connectivity index (χ2n) is 1.17. The molecule has 0 aliphatic heterocycles.